The first kappa shape index (κ1) is 28.5. The van der Waals surface area contributed by atoms with Gasteiger partial charge in [-0.3, -0.25) is 24.3 Å². The number of hydrogen-bond donors (Lipinski definition) is 0. The number of rotatable bonds is 11. The fourth-order valence-corrected chi connectivity index (χ4v) is 4.84. The Bertz CT molecular complexity index is 1460. The smallest absolute Gasteiger partial charge is 0.387 e. The van der Waals surface area contributed by atoms with Crippen molar-refractivity contribution in [1.82, 2.24) is 9.88 Å². The van der Waals surface area contributed by atoms with Gasteiger partial charge in [-0.1, -0.05) is 29.3 Å². The van der Waals surface area contributed by atoms with Crippen molar-refractivity contribution in [3.05, 3.63) is 86.6 Å². The number of hydrogen-bond acceptors (Lipinski definition) is 8. The first-order valence-electron chi connectivity index (χ1n) is 12.4. The predicted octanol–water partition coefficient (Wildman–Crippen LogP) is 4.54. The van der Waals surface area contributed by atoms with Crippen molar-refractivity contribution < 1.29 is 42.1 Å². The van der Waals surface area contributed by atoms with E-state index in [1.807, 2.05) is 0 Å². The van der Waals surface area contributed by atoms with E-state index in [4.69, 9.17) is 32.7 Å². The van der Waals surface area contributed by atoms with Crippen LogP contribution in [0.1, 0.15) is 50.9 Å². The largest absolute Gasteiger partial charge is 0.619 e. The standard InChI is InChI=1S/C27H21Cl2F2N3O7/c28-18-10-33(38)11-19(29)17(18)9-21(15-5-6-20(41-27(30)31)22(8-15)39-13-14-3-4-14)40-23(35)12-34-25(36)16-2-1-7-32-24(16)26(34)37/h1-2,5-8,10-11,14,21,27H,3-4,9,12-13H2/t21-/m0/s1. The van der Waals surface area contributed by atoms with E-state index in [-0.39, 0.29) is 51.4 Å². The molecule has 1 aliphatic heterocycles. The maximum Gasteiger partial charge on any atom is 0.387 e. The summed E-state index contributed by atoms with van der Waals surface area (Å²) in [6.07, 6.45) is 4.08. The van der Waals surface area contributed by atoms with Crippen LogP contribution in [0.2, 0.25) is 10.0 Å². The summed E-state index contributed by atoms with van der Waals surface area (Å²) in [4.78, 5) is 43.1. The highest BCUT2D eigenvalue weighted by Gasteiger charge is 2.38. The highest BCUT2D eigenvalue weighted by atomic mass is 35.5. The van der Waals surface area contributed by atoms with Gasteiger partial charge in [0.25, 0.3) is 11.8 Å². The summed E-state index contributed by atoms with van der Waals surface area (Å²) in [6, 6.07) is 6.95. The maximum atomic E-state index is 13.1. The Labute approximate surface area is 241 Å². The zero-order valence-electron chi connectivity index (χ0n) is 21.1. The summed E-state index contributed by atoms with van der Waals surface area (Å²) >= 11 is 12.5. The van der Waals surface area contributed by atoms with Crippen molar-refractivity contribution in [1.29, 1.82) is 0 Å². The van der Waals surface area contributed by atoms with Crippen LogP contribution in [0.25, 0.3) is 0 Å². The summed E-state index contributed by atoms with van der Waals surface area (Å²) in [6.45, 7) is -3.55. The summed E-state index contributed by atoms with van der Waals surface area (Å²) in [5, 5.41) is 11.7. The third-order valence-electron chi connectivity index (χ3n) is 6.47. The zero-order chi connectivity index (χ0) is 29.3. The van der Waals surface area contributed by atoms with Crippen LogP contribution in [0.5, 0.6) is 11.5 Å². The Kier molecular flexibility index (Phi) is 8.22. The molecule has 10 nitrogen and oxygen atoms in total. The number of fused-ring (bicyclic) bond motifs is 1. The van der Waals surface area contributed by atoms with E-state index in [1.165, 1.54) is 36.5 Å². The molecule has 0 N–H and O–H groups in total. The number of amides is 2. The van der Waals surface area contributed by atoms with E-state index in [0.717, 1.165) is 25.2 Å². The second kappa shape index (κ2) is 11.8. The van der Waals surface area contributed by atoms with E-state index in [9.17, 15) is 28.4 Å². The molecule has 14 heteroatoms. The topological polar surface area (TPSA) is 122 Å². The van der Waals surface area contributed by atoms with E-state index >= 15 is 0 Å². The van der Waals surface area contributed by atoms with E-state index < -0.39 is 37.0 Å². The Morgan fingerprint density at radius 1 is 1.12 bits per heavy atom. The molecule has 2 amide bonds. The van der Waals surface area contributed by atoms with E-state index in [2.05, 4.69) is 9.72 Å². The Hall–Kier alpha value is -4.03. The van der Waals surface area contributed by atoms with Crippen LogP contribution in [-0.2, 0) is 16.0 Å². The normalized spacial score (nSPS) is 15.2. The molecule has 0 radical (unpaired) electrons. The monoisotopic (exact) mass is 607 g/mol. The lowest BCUT2D eigenvalue weighted by atomic mass is 10.0. The molecule has 1 atom stereocenters. The molecule has 1 saturated carbocycles. The number of imide groups is 1. The molecule has 3 aromatic rings. The summed E-state index contributed by atoms with van der Waals surface area (Å²) in [7, 11) is 0. The number of nitrogens with zero attached hydrogens (tertiary/aromatic N) is 3. The molecule has 1 fully saturated rings. The molecular weight excluding hydrogens is 587 g/mol. The van der Waals surface area contributed by atoms with Crippen LogP contribution < -0.4 is 14.2 Å². The van der Waals surface area contributed by atoms with Crippen LogP contribution in [-0.4, -0.2) is 47.4 Å². The molecule has 5 rings (SSSR count). The van der Waals surface area contributed by atoms with Crippen molar-refractivity contribution >= 4 is 41.0 Å². The van der Waals surface area contributed by atoms with Gasteiger partial charge in [0.2, 0.25) is 0 Å². The van der Waals surface area contributed by atoms with Gasteiger partial charge in [-0.2, -0.15) is 13.5 Å². The number of halogens is 4. The molecule has 214 valence electrons. The summed E-state index contributed by atoms with van der Waals surface area (Å²) in [5.74, 6) is -2.33. The third kappa shape index (κ3) is 6.49. The molecule has 0 bridgehead atoms. The van der Waals surface area contributed by atoms with Crippen LogP contribution >= 0.6 is 23.2 Å². The van der Waals surface area contributed by atoms with E-state index in [1.54, 1.807) is 0 Å². The second-order valence-corrected chi connectivity index (χ2v) is 10.2. The van der Waals surface area contributed by atoms with Crippen molar-refractivity contribution in [2.45, 2.75) is 32.0 Å². The number of esters is 1. The molecule has 41 heavy (non-hydrogen) atoms. The Morgan fingerprint density at radius 2 is 1.85 bits per heavy atom. The van der Waals surface area contributed by atoms with Crippen molar-refractivity contribution in [3.63, 3.8) is 0 Å². The molecule has 0 spiro atoms. The first-order chi connectivity index (χ1) is 19.6. The van der Waals surface area contributed by atoms with Gasteiger partial charge in [-0.15, -0.1) is 0 Å². The van der Waals surface area contributed by atoms with Crippen LogP contribution in [0.3, 0.4) is 0 Å². The minimum Gasteiger partial charge on any atom is -0.619 e. The number of alkyl halides is 2. The minimum atomic E-state index is -3.10. The molecule has 3 heterocycles. The molecule has 0 unspecified atom stereocenters. The first-order valence-corrected chi connectivity index (χ1v) is 13.1. The summed E-state index contributed by atoms with van der Waals surface area (Å²) < 4.78 is 42.5. The number of pyridine rings is 2. The lowest BCUT2D eigenvalue weighted by molar-refractivity contribution is -0.605. The lowest BCUT2D eigenvalue weighted by Crippen LogP contribution is -2.36. The lowest BCUT2D eigenvalue weighted by Gasteiger charge is -2.22. The quantitative estimate of drug-likeness (QED) is 0.135. The van der Waals surface area contributed by atoms with Crippen molar-refractivity contribution in [3.8, 4) is 11.5 Å². The van der Waals surface area contributed by atoms with Gasteiger partial charge in [-0.25, -0.2) is 0 Å². The van der Waals surface area contributed by atoms with Crippen LogP contribution in [0, 0.1) is 11.1 Å². The highest BCUT2D eigenvalue weighted by Crippen LogP contribution is 2.38. The van der Waals surface area contributed by atoms with Crippen LogP contribution in [0.4, 0.5) is 8.78 Å². The fraction of sp³-hybridized carbons (Fsp3) is 0.296. The molecule has 0 saturated heterocycles. The van der Waals surface area contributed by atoms with Crippen LogP contribution in [0.15, 0.2) is 48.9 Å². The third-order valence-corrected chi connectivity index (χ3v) is 7.12. The second-order valence-electron chi connectivity index (χ2n) is 9.41. The van der Waals surface area contributed by atoms with Gasteiger partial charge in [0, 0.05) is 18.2 Å². The molecule has 1 aliphatic carbocycles. The maximum absolute atomic E-state index is 13.1. The van der Waals surface area contributed by atoms with Gasteiger partial charge in [-0.05, 0) is 48.6 Å². The number of benzene rings is 1. The van der Waals surface area contributed by atoms with Crippen molar-refractivity contribution in [2.75, 3.05) is 13.2 Å². The van der Waals surface area contributed by atoms with Crippen molar-refractivity contribution in [2.24, 2.45) is 5.92 Å². The van der Waals surface area contributed by atoms with Gasteiger partial charge in [0.1, 0.15) is 28.4 Å². The SMILES string of the molecule is O=C(CN1C(=O)c2cccnc2C1=O)O[C@@H](Cc1c(Cl)c[n+]([O-])cc1Cl)c1ccc(OC(F)F)c(OCC2CC2)c1. The van der Waals surface area contributed by atoms with Gasteiger partial charge >= 0.3 is 12.6 Å². The minimum absolute atomic E-state index is 0.00447. The average molecular weight is 608 g/mol. The number of carbonyl (C=O) groups is 3. The Balaban J connectivity index is 1.43. The zero-order valence-corrected chi connectivity index (χ0v) is 22.6. The molecule has 1 aromatic carbocycles. The van der Waals surface area contributed by atoms with E-state index in [0.29, 0.717) is 21.1 Å². The molecule has 2 aliphatic rings. The molecule has 2 aromatic heterocycles. The van der Waals surface area contributed by atoms with Gasteiger partial charge in [0.15, 0.2) is 23.9 Å². The number of aromatic nitrogens is 2. The Morgan fingerprint density at radius 3 is 2.51 bits per heavy atom. The average Bonchev–Trinajstić information content (AvgIpc) is 3.72. The molecular formula is C27H21Cl2F2N3O7. The fourth-order valence-electron chi connectivity index (χ4n) is 4.24. The predicted molar refractivity (Wildman–Crippen MR) is 139 cm³/mol. The van der Waals surface area contributed by atoms with Gasteiger partial charge in [0.05, 0.1) is 12.2 Å². The number of ether oxygens (including phenoxy) is 3. The summed E-state index contributed by atoms with van der Waals surface area (Å²) in [5.41, 5.74) is 0.530. The van der Waals surface area contributed by atoms with Gasteiger partial charge < -0.3 is 19.4 Å². The number of carbonyl (C=O) groups excluding carboxylic acids is 3. The highest BCUT2D eigenvalue weighted by molar-refractivity contribution is 6.35.